The zero-order valence-electron chi connectivity index (χ0n) is 8.37. The van der Waals surface area contributed by atoms with Crippen molar-refractivity contribution in [2.75, 3.05) is 6.61 Å². The normalized spacial score (nSPS) is 11.2. The number of carbonyl (C=O) groups is 1. The molecule has 0 atom stereocenters. The molecule has 0 aliphatic rings. The van der Waals surface area contributed by atoms with Crippen molar-refractivity contribution in [1.29, 1.82) is 0 Å². The smallest absolute Gasteiger partial charge is 0.332 e. The van der Waals surface area contributed by atoms with Gasteiger partial charge in [0.1, 0.15) is 0 Å². The van der Waals surface area contributed by atoms with Crippen LogP contribution in [0.15, 0.2) is 34.8 Å². The monoisotopic (exact) mass is 269 g/mol. The molecule has 0 radical (unpaired) electrons. The van der Waals surface area contributed by atoms with Crippen molar-refractivity contribution < 1.29 is 9.53 Å². The molecule has 0 bridgehead atoms. The second-order valence-corrected chi connectivity index (χ2v) is 3.77. The van der Waals surface area contributed by atoms with E-state index < -0.39 is 5.97 Å². The zero-order valence-corrected chi connectivity index (χ0v) is 9.95. The summed E-state index contributed by atoms with van der Waals surface area (Å²) < 4.78 is 5.72. The van der Waals surface area contributed by atoms with Crippen LogP contribution < -0.4 is 5.73 Å². The van der Waals surface area contributed by atoms with Gasteiger partial charge in [-0.15, -0.1) is 0 Å². The number of rotatable bonds is 3. The van der Waals surface area contributed by atoms with E-state index in [9.17, 15) is 4.79 Å². The molecule has 4 heteroatoms. The van der Waals surface area contributed by atoms with Gasteiger partial charge in [-0.3, -0.25) is 0 Å². The van der Waals surface area contributed by atoms with Crippen LogP contribution in [0.4, 0.5) is 0 Å². The molecular formula is C11H12BrNO2. The lowest BCUT2D eigenvalue weighted by Crippen LogP contribution is -2.04. The number of carbonyl (C=O) groups excluding carboxylic acids is 1. The minimum absolute atomic E-state index is 0.350. The third-order valence-electron chi connectivity index (χ3n) is 1.74. The van der Waals surface area contributed by atoms with Crippen LogP contribution in [0, 0.1) is 0 Å². The molecule has 0 fully saturated rings. The highest BCUT2D eigenvalue weighted by Gasteiger charge is 2.01. The van der Waals surface area contributed by atoms with E-state index in [4.69, 9.17) is 10.5 Å². The van der Waals surface area contributed by atoms with E-state index in [0.29, 0.717) is 12.3 Å². The van der Waals surface area contributed by atoms with Gasteiger partial charge < -0.3 is 10.5 Å². The Morgan fingerprint density at radius 2 is 2.07 bits per heavy atom. The molecule has 0 saturated carbocycles. The first kappa shape index (κ1) is 11.8. The maximum Gasteiger partial charge on any atom is 0.332 e. The predicted octanol–water partition coefficient (Wildman–Crippen LogP) is 2.31. The SMILES string of the molecule is CCOC(=O)/C=C(/N)c1ccc(Br)cc1. The Labute approximate surface area is 97.0 Å². The van der Waals surface area contributed by atoms with Gasteiger partial charge in [-0.1, -0.05) is 28.1 Å². The molecule has 80 valence electrons. The lowest BCUT2D eigenvalue weighted by molar-refractivity contribution is -0.137. The van der Waals surface area contributed by atoms with Gasteiger partial charge in [-0.05, 0) is 24.6 Å². The Morgan fingerprint density at radius 3 is 2.60 bits per heavy atom. The minimum atomic E-state index is -0.419. The predicted molar refractivity (Wildman–Crippen MR) is 62.9 cm³/mol. The van der Waals surface area contributed by atoms with E-state index in [2.05, 4.69) is 15.9 Å². The van der Waals surface area contributed by atoms with Crippen LogP contribution in [0.2, 0.25) is 0 Å². The van der Waals surface area contributed by atoms with Crippen molar-refractivity contribution in [3.63, 3.8) is 0 Å². The van der Waals surface area contributed by atoms with E-state index in [1.165, 1.54) is 6.08 Å². The first-order valence-electron chi connectivity index (χ1n) is 4.53. The van der Waals surface area contributed by atoms with Crippen LogP contribution in [-0.4, -0.2) is 12.6 Å². The van der Waals surface area contributed by atoms with Gasteiger partial charge >= 0.3 is 5.97 Å². The summed E-state index contributed by atoms with van der Waals surface area (Å²) in [7, 11) is 0. The zero-order chi connectivity index (χ0) is 11.3. The van der Waals surface area contributed by atoms with Gasteiger partial charge in [0.25, 0.3) is 0 Å². The number of hydrogen-bond donors (Lipinski definition) is 1. The highest BCUT2D eigenvalue weighted by Crippen LogP contribution is 2.14. The van der Waals surface area contributed by atoms with Crippen molar-refractivity contribution in [1.82, 2.24) is 0 Å². The highest BCUT2D eigenvalue weighted by atomic mass is 79.9. The Bertz CT molecular complexity index is 371. The third-order valence-corrected chi connectivity index (χ3v) is 2.27. The van der Waals surface area contributed by atoms with E-state index in [1.807, 2.05) is 24.3 Å². The lowest BCUT2D eigenvalue weighted by atomic mass is 10.1. The molecule has 0 spiro atoms. The molecule has 0 aliphatic carbocycles. The highest BCUT2D eigenvalue weighted by molar-refractivity contribution is 9.10. The van der Waals surface area contributed by atoms with Crippen LogP contribution in [0.5, 0.6) is 0 Å². The summed E-state index contributed by atoms with van der Waals surface area (Å²) >= 11 is 3.32. The average Bonchev–Trinajstić information content (AvgIpc) is 2.18. The number of ether oxygens (including phenoxy) is 1. The number of hydrogen-bond acceptors (Lipinski definition) is 3. The van der Waals surface area contributed by atoms with E-state index in [-0.39, 0.29) is 0 Å². The molecule has 3 nitrogen and oxygen atoms in total. The van der Waals surface area contributed by atoms with Crippen LogP contribution in [0.25, 0.3) is 5.70 Å². The molecule has 1 aromatic carbocycles. The first-order chi connectivity index (χ1) is 7.13. The van der Waals surface area contributed by atoms with Gasteiger partial charge in [0.2, 0.25) is 0 Å². The van der Waals surface area contributed by atoms with Crippen molar-refractivity contribution in [3.05, 3.63) is 40.4 Å². The van der Waals surface area contributed by atoms with Crippen LogP contribution >= 0.6 is 15.9 Å². The van der Waals surface area contributed by atoms with Crippen molar-refractivity contribution >= 4 is 27.6 Å². The molecule has 1 rings (SSSR count). The maximum absolute atomic E-state index is 11.1. The molecule has 0 saturated heterocycles. The molecule has 15 heavy (non-hydrogen) atoms. The van der Waals surface area contributed by atoms with E-state index in [0.717, 1.165) is 10.0 Å². The topological polar surface area (TPSA) is 52.3 Å². The summed E-state index contributed by atoms with van der Waals surface area (Å²) in [5.41, 5.74) is 6.92. The minimum Gasteiger partial charge on any atom is -0.463 e. The summed E-state index contributed by atoms with van der Waals surface area (Å²) in [6, 6.07) is 7.38. The molecule has 0 aliphatic heterocycles. The Balaban J connectivity index is 2.79. The fourth-order valence-corrected chi connectivity index (χ4v) is 1.30. The van der Waals surface area contributed by atoms with Crippen LogP contribution in [-0.2, 0) is 9.53 Å². The van der Waals surface area contributed by atoms with Gasteiger partial charge in [0, 0.05) is 16.2 Å². The number of benzene rings is 1. The molecule has 1 aromatic rings. The fraction of sp³-hybridized carbons (Fsp3) is 0.182. The van der Waals surface area contributed by atoms with E-state index >= 15 is 0 Å². The molecule has 0 heterocycles. The molecule has 0 aromatic heterocycles. The molecule has 2 N–H and O–H groups in total. The quantitative estimate of drug-likeness (QED) is 0.677. The number of esters is 1. The molecule has 0 amide bonds. The standard InChI is InChI=1S/C11H12BrNO2/c1-2-15-11(14)7-10(13)8-3-5-9(12)6-4-8/h3-7H,2,13H2,1H3/b10-7+. The van der Waals surface area contributed by atoms with Crippen molar-refractivity contribution in [2.24, 2.45) is 5.73 Å². The van der Waals surface area contributed by atoms with Gasteiger partial charge in [0.05, 0.1) is 6.61 Å². The van der Waals surface area contributed by atoms with Gasteiger partial charge in [-0.2, -0.15) is 0 Å². The summed E-state index contributed by atoms with van der Waals surface area (Å²) in [5.74, 6) is -0.419. The average molecular weight is 270 g/mol. The Morgan fingerprint density at radius 1 is 1.47 bits per heavy atom. The van der Waals surface area contributed by atoms with Gasteiger partial charge in [-0.25, -0.2) is 4.79 Å². The summed E-state index contributed by atoms with van der Waals surface area (Å²) in [6.07, 6.45) is 1.28. The second-order valence-electron chi connectivity index (χ2n) is 2.86. The van der Waals surface area contributed by atoms with Crippen LogP contribution in [0.3, 0.4) is 0 Å². The van der Waals surface area contributed by atoms with Crippen molar-refractivity contribution in [3.8, 4) is 0 Å². The van der Waals surface area contributed by atoms with E-state index in [1.54, 1.807) is 6.92 Å². The number of halogens is 1. The lowest BCUT2D eigenvalue weighted by Gasteiger charge is -2.02. The molecular weight excluding hydrogens is 258 g/mol. The third kappa shape index (κ3) is 3.75. The van der Waals surface area contributed by atoms with Crippen LogP contribution in [0.1, 0.15) is 12.5 Å². The molecule has 0 unspecified atom stereocenters. The van der Waals surface area contributed by atoms with Gasteiger partial charge in [0.15, 0.2) is 0 Å². The number of nitrogens with two attached hydrogens (primary N) is 1. The fourth-order valence-electron chi connectivity index (χ4n) is 1.04. The largest absolute Gasteiger partial charge is 0.463 e. The maximum atomic E-state index is 11.1. The first-order valence-corrected chi connectivity index (χ1v) is 5.32. The second kappa shape index (κ2) is 5.56. The summed E-state index contributed by atoms with van der Waals surface area (Å²) in [5, 5.41) is 0. The van der Waals surface area contributed by atoms with Crippen molar-refractivity contribution in [2.45, 2.75) is 6.92 Å². The summed E-state index contributed by atoms with van der Waals surface area (Å²) in [4.78, 5) is 11.1. The summed E-state index contributed by atoms with van der Waals surface area (Å²) in [6.45, 7) is 2.10. The Kier molecular flexibility index (Phi) is 4.37. The Hall–Kier alpha value is -1.29.